The van der Waals surface area contributed by atoms with Crippen LogP contribution in [-0.4, -0.2) is 17.1 Å². The van der Waals surface area contributed by atoms with E-state index in [9.17, 15) is 4.79 Å². The molecule has 4 heteroatoms. The molecular weight excluding hydrogens is 252 g/mol. The van der Waals surface area contributed by atoms with Crippen LogP contribution in [0.2, 0.25) is 0 Å². The zero-order valence-electron chi connectivity index (χ0n) is 11.6. The van der Waals surface area contributed by atoms with E-state index in [0.717, 1.165) is 29.8 Å². The summed E-state index contributed by atoms with van der Waals surface area (Å²) in [7, 11) is 1.62. The minimum absolute atomic E-state index is 0.0946. The van der Waals surface area contributed by atoms with Crippen LogP contribution in [0.25, 0.3) is 11.4 Å². The van der Waals surface area contributed by atoms with E-state index in [1.807, 2.05) is 24.3 Å². The van der Waals surface area contributed by atoms with Gasteiger partial charge in [-0.3, -0.25) is 4.79 Å². The first-order chi connectivity index (χ1) is 9.78. The number of benzene rings is 1. The summed E-state index contributed by atoms with van der Waals surface area (Å²) >= 11 is 0. The Morgan fingerprint density at radius 2 is 2.00 bits per heavy atom. The van der Waals surface area contributed by atoms with Crippen LogP contribution in [0.3, 0.4) is 0 Å². The van der Waals surface area contributed by atoms with Gasteiger partial charge in [-0.15, -0.1) is 0 Å². The number of nitrogens with zero attached hydrogens (tertiary/aromatic N) is 1. The molecule has 1 aromatic heterocycles. The van der Waals surface area contributed by atoms with E-state index in [-0.39, 0.29) is 5.56 Å². The summed E-state index contributed by atoms with van der Waals surface area (Å²) in [5, 5.41) is 0. The maximum atomic E-state index is 11.9. The topological polar surface area (TPSA) is 55.0 Å². The lowest BCUT2D eigenvalue weighted by Crippen LogP contribution is -2.12. The van der Waals surface area contributed by atoms with Gasteiger partial charge in [-0.05, 0) is 25.0 Å². The van der Waals surface area contributed by atoms with Gasteiger partial charge in [-0.2, -0.15) is 0 Å². The Balaban J connectivity index is 2.07. The van der Waals surface area contributed by atoms with E-state index in [1.54, 1.807) is 13.2 Å². The lowest BCUT2D eigenvalue weighted by Gasteiger charge is -2.11. The van der Waals surface area contributed by atoms with Crippen molar-refractivity contribution in [3.8, 4) is 17.1 Å². The van der Waals surface area contributed by atoms with E-state index in [1.165, 1.54) is 12.8 Å². The standard InChI is InChI=1S/C16H18N2O2/c1-20-14-9-5-4-8-12(14)16-17-13(10-15(19)18-16)11-6-2-3-7-11/h4-5,8-11H,2-3,6-7H2,1H3,(H,17,18,19). The summed E-state index contributed by atoms with van der Waals surface area (Å²) in [5.74, 6) is 1.74. The van der Waals surface area contributed by atoms with Crippen LogP contribution in [0, 0.1) is 0 Å². The molecule has 4 nitrogen and oxygen atoms in total. The molecule has 0 spiro atoms. The minimum atomic E-state index is -0.0946. The van der Waals surface area contributed by atoms with Crippen LogP contribution in [-0.2, 0) is 0 Å². The fraction of sp³-hybridized carbons (Fsp3) is 0.375. The highest BCUT2D eigenvalue weighted by molar-refractivity contribution is 5.63. The van der Waals surface area contributed by atoms with Crippen molar-refractivity contribution in [3.05, 3.63) is 46.4 Å². The number of aromatic nitrogens is 2. The van der Waals surface area contributed by atoms with Crippen LogP contribution < -0.4 is 10.3 Å². The molecule has 104 valence electrons. The SMILES string of the molecule is COc1ccccc1-c1nc(C2CCCC2)cc(=O)[nH]1. The van der Waals surface area contributed by atoms with Gasteiger partial charge in [0.2, 0.25) is 0 Å². The van der Waals surface area contributed by atoms with Gasteiger partial charge in [-0.1, -0.05) is 25.0 Å². The highest BCUT2D eigenvalue weighted by Gasteiger charge is 2.20. The molecular formula is C16H18N2O2. The molecule has 20 heavy (non-hydrogen) atoms. The van der Waals surface area contributed by atoms with Gasteiger partial charge in [0.1, 0.15) is 11.6 Å². The summed E-state index contributed by atoms with van der Waals surface area (Å²) in [6, 6.07) is 9.24. The molecule has 1 aromatic carbocycles. The smallest absolute Gasteiger partial charge is 0.251 e. The van der Waals surface area contributed by atoms with Gasteiger partial charge in [0.15, 0.2) is 0 Å². The third-order valence-electron chi connectivity index (χ3n) is 3.90. The third kappa shape index (κ3) is 2.46. The summed E-state index contributed by atoms with van der Waals surface area (Å²) in [6.07, 6.45) is 4.70. The first kappa shape index (κ1) is 12.9. The Labute approximate surface area is 117 Å². The van der Waals surface area contributed by atoms with Crippen LogP contribution in [0.4, 0.5) is 0 Å². The van der Waals surface area contributed by atoms with E-state index >= 15 is 0 Å². The maximum Gasteiger partial charge on any atom is 0.251 e. The van der Waals surface area contributed by atoms with Crippen molar-refractivity contribution in [2.75, 3.05) is 7.11 Å². The van der Waals surface area contributed by atoms with Gasteiger partial charge in [-0.25, -0.2) is 4.98 Å². The molecule has 0 unspecified atom stereocenters. The molecule has 1 saturated carbocycles. The number of H-pyrrole nitrogens is 1. The molecule has 1 fully saturated rings. The highest BCUT2D eigenvalue weighted by Crippen LogP contribution is 2.33. The quantitative estimate of drug-likeness (QED) is 0.932. The second-order valence-electron chi connectivity index (χ2n) is 5.20. The zero-order chi connectivity index (χ0) is 13.9. The van der Waals surface area contributed by atoms with Crippen molar-refractivity contribution < 1.29 is 4.74 Å². The van der Waals surface area contributed by atoms with Crippen LogP contribution >= 0.6 is 0 Å². The number of hydrogen-bond acceptors (Lipinski definition) is 3. The number of ether oxygens (including phenoxy) is 1. The van der Waals surface area contributed by atoms with Crippen LogP contribution in [0.15, 0.2) is 35.1 Å². The van der Waals surface area contributed by atoms with Crippen molar-refractivity contribution >= 4 is 0 Å². The summed E-state index contributed by atoms with van der Waals surface area (Å²) in [6.45, 7) is 0. The first-order valence-corrected chi connectivity index (χ1v) is 7.02. The fourth-order valence-corrected chi connectivity index (χ4v) is 2.87. The van der Waals surface area contributed by atoms with Gasteiger partial charge in [0.05, 0.1) is 18.4 Å². The molecule has 1 N–H and O–H groups in total. The number of para-hydroxylation sites is 1. The van der Waals surface area contributed by atoms with Gasteiger partial charge >= 0.3 is 0 Å². The molecule has 3 rings (SSSR count). The summed E-state index contributed by atoms with van der Waals surface area (Å²) in [5.41, 5.74) is 1.64. The molecule has 0 atom stereocenters. The summed E-state index contributed by atoms with van der Waals surface area (Å²) in [4.78, 5) is 19.4. The monoisotopic (exact) mass is 270 g/mol. The molecule has 2 aromatic rings. The second kappa shape index (κ2) is 5.49. The molecule has 1 aliphatic carbocycles. The molecule has 0 amide bonds. The average molecular weight is 270 g/mol. The molecule has 0 saturated heterocycles. The zero-order valence-corrected chi connectivity index (χ0v) is 11.6. The normalized spacial score (nSPS) is 15.4. The number of hydrogen-bond donors (Lipinski definition) is 1. The lowest BCUT2D eigenvalue weighted by atomic mass is 10.0. The molecule has 0 aliphatic heterocycles. The highest BCUT2D eigenvalue weighted by atomic mass is 16.5. The number of nitrogens with one attached hydrogen (secondary N) is 1. The number of aromatic amines is 1. The summed E-state index contributed by atoms with van der Waals surface area (Å²) < 4.78 is 5.34. The Hall–Kier alpha value is -2.10. The van der Waals surface area contributed by atoms with E-state index in [0.29, 0.717) is 11.7 Å². The molecule has 0 bridgehead atoms. The van der Waals surface area contributed by atoms with E-state index in [4.69, 9.17) is 4.74 Å². The van der Waals surface area contributed by atoms with Crippen molar-refractivity contribution in [2.45, 2.75) is 31.6 Å². The van der Waals surface area contributed by atoms with E-state index in [2.05, 4.69) is 9.97 Å². The largest absolute Gasteiger partial charge is 0.496 e. The fourth-order valence-electron chi connectivity index (χ4n) is 2.87. The van der Waals surface area contributed by atoms with Gasteiger partial charge < -0.3 is 9.72 Å². The Bertz CT molecular complexity index is 658. The van der Waals surface area contributed by atoms with E-state index < -0.39 is 0 Å². The van der Waals surface area contributed by atoms with Gasteiger partial charge in [0, 0.05) is 12.0 Å². The Kier molecular flexibility index (Phi) is 3.54. The third-order valence-corrected chi connectivity index (χ3v) is 3.90. The predicted molar refractivity (Wildman–Crippen MR) is 78.1 cm³/mol. The molecule has 1 heterocycles. The van der Waals surface area contributed by atoms with Crippen molar-refractivity contribution in [1.29, 1.82) is 0 Å². The number of methoxy groups -OCH3 is 1. The van der Waals surface area contributed by atoms with Gasteiger partial charge in [0.25, 0.3) is 5.56 Å². The van der Waals surface area contributed by atoms with Crippen LogP contribution in [0.1, 0.15) is 37.3 Å². The maximum absolute atomic E-state index is 11.9. The van der Waals surface area contributed by atoms with Crippen molar-refractivity contribution in [3.63, 3.8) is 0 Å². The average Bonchev–Trinajstić information content (AvgIpc) is 3.01. The molecule has 0 radical (unpaired) electrons. The van der Waals surface area contributed by atoms with Crippen LogP contribution in [0.5, 0.6) is 5.75 Å². The minimum Gasteiger partial charge on any atom is -0.496 e. The lowest BCUT2D eigenvalue weighted by molar-refractivity contribution is 0.416. The second-order valence-corrected chi connectivity index (χ2v) is 5.20. The Morgan fingerprint density at radius 1 is 1.25 bits per heavy atom. The number of rotatable bonds is 3. The van der Waals surface area contributed by atoms with Crippen molar-refractivity contribution in [2.24, 2.45) is 0 Å². The first-order valence-electron chi connectivity index (χ1n) is 7.02. The van der Waals surface area contributed by atoms with Crippen molar-refractivity contribution in [1.82, 2.24) is 9.97 Å². The molecule has 1 aliphatic rings. The predicted octanol–water partition coefficient (Wildman–Crippen LogP) is 3.10. The Morgan fingerprint density at radius 3 is 2.75 bits per heavy atom.